The molecule has 1 aromatic rings. The molecule has 98 valence electrons. The van der Waals surface area contributed by atoms with E-state index in [1.165, 1.54) is 11.3 Å². The fourth-order valence-electron chi connectivity index (χ4n) is 1.71. The van der Waals surface area contributed by atoms with Crippen LogP contribution in [0.4, 0.5) is 5.13 Å². The lowest BCUT2D eigenvalue weighted by Crippen LogP contribution is -2.47. The van der Waals surface area contributed by atoms with Gasteiger partial charge in [-0.25, -0.2) is 9.78 Å². The van der Waals surface area contributed by atoms with Crippen molar-refractivity contribution in [2.45, 2.75) is 13.8 Å². The van der Waals surface area contributed by atoms with Crippen LogP contribution >= 0.6 is 11.3 Å². The summed E-state index contributed by atoms with van der Waals surface area (Å²) in [6.07, 6.45) is 0. The largest absolute Gasteiger partial charge is 0.461 e. The van der Waals surface area contributed by atoms with Crippen LogP contribution < -0.4 is 10.2 Å². The minimum Gasteiger partial charge on any atom is -0.461 e. The van der Waals surface area contributed by atoms with Crippen LogP contribution in [0.15, 0.2) is 0 Å². The van der Waals surface area contributed by atoms with Gasteiger partial charge in [0.25, 0.3) is 0 Å². The van der Waals surface area contributed by atoms with E-state index in [0.717, 1.165) is 4.88 Å². The zero-order chi connectivity index (χ0) is 13.1. The third kappa shape index (κ3) is 2.61. The molecule has 1 aromatic heterocycles. The third-order valence-corrected chi connectivity index (χ3v) is 3.59. The maximum absolute atomic E-state index is 11.7. The molecule has 0 aromatic carbocycles. The van der Waals surface area contributed by atoms with E-state index in [4.69, 9.17) is 4.74 Å². The van der Waals surface area contributed by atoms with Crippen molar-refractivity contribution in [3.05, 3.63) is 10.6 Å². The molecule has 1 saturated heterocycles. The lowest BCUT2D eigenvalue weighted by molar-refractivity contribution is -0.120. The summed E-state index contributed by atoms with van der Waals surface area (Å²) in [5, 5.41) is 3.45. The van der Waals surface area contributed by atoms with Gasteiger partial charge in [-0.1, -0.05) is 0 Å². The third-order valence-electron chi connectivity index (χ3n) is 2.56. The van der Waals surface area contributed by atoms with Crippen molar-refractivity contribution in [1.29, 1.82) is 0 Å². The van der Waals surface area contributed by atoms with Crippen molar-refractivity contribution in [2.24, 2.45) is 0 Å². The highest BCUT2D eigenvalue weighted by Gasteiger charge is 2.23. The van der Waals surface area contributed by atoms with Crippen LogP contribution in [0.1, 0.15) is 22.3 Å². The number of thiazole rings is 1. The Balaban J connectivity index is 2.17. The van der Waals surface area contributed by atoms with Crippen LogP contribution in [0.3, 0.4) is 0 Å². The van der Waals surface area contributed by atoms with Gasteiger partial charge in [0.15, 0.2) is 10.8 Å². The monoisotopic (exact) mass is 269 g/mol. The van der Waals surface area contributed by atoms with Crippen LogP contribution in [-0.2, 0) is 9.53 Å². The first kappa shape index (κ1) is 12.8. The van der Waals surface area contributed by atoms with Gasteiger partial charge in [0.05, 0.1) is 13.2 Å². The second-order valence-corrected chi connectivity index (χ2v) is 5.07. The van der Waals surface area contributed by atoms with Crippen molar-refractivity contribution in [3.63, 3.8) is 0 Å². The molecule has 0 aliphatic carbocycles. The summed E-state index contributed by atoms with van der Waals surface area (Å²) < 4.78 is 4.94. The number of anilines is 1. The Labute approximate surface area is 109 Å². The first-order valence-electron chi connectivity index (χ1n) is 5.78. The standard InChI is InChI=1S/C11H15N3O3S/c1-3-17-10(16)9-7(2)18-11(13-9)14-5-4-12-8(15)6-14/h3-6H2,1-2H3,(H,12,15). The number of hydrogen-bond acceptors (Lipinski definition) is 6. The number of carbonyl (C=O) groups is 2. The van der Waals surface area contributed by atoms with E-state index in [0.29, 0.717) is 30.5 Å². The molecule has 0 spiro atoms. The SMILES string of the molecule is CCOC(=O)c1nc(N2CCNC(=O)C2)sc1C. The molecule has 0 unspecified atom stereocenters. The summed E-state index contributed by atoms with van der Waals surface area (Å²) in [7, 11) is 0. The highest BCUT2D eigenvalue weighted by atomic mass is 32.1. The topological polar surface area (TPSA) is 71.5 Å². The predicted octanol–water partition coefficient (Wildman–Crippen LogP) is 0.564. The molecule has 1 aliphatic rings. The number of amides is 1. The maximum atomic E-state index is 11.7. The summed E-state index contributed by atoms with van der Waals surface area (Å²) in [6.45, 7) is 5.52. The van der Waals surface area contributed by atoms with Gasteiger partial charge in [-0.3, -0.25) is 4.79 Å². The molecule has 0 bridgehead atoms. The van der Waals surface area contributed by atoms with Crippen molar-refractivity contribution in [1.82, 2.24) is 10.3 Å². The van der Waals surface area contributed by atoms with Gasteiger partial charge in [0.1, 0.15) is 0 Å². The van der Waals surface area contributed by atoms with Crippen molar-refractivity contribution in [2.75, 3.05) is 31.1 Å². The van der Waals surface area contributed by atoms with E-state index < -0.39 is 5.97 Å². The van der Waals surface area contributed by atoms with Gasteiger partial charge >= 0.3 is 5.97 Å². The quantitative estimate of drug-likeness (QED) is 0.812. The van der Waals surface area contributed by atoms with Crippen LogP contribution in [-0.4, -0.2) is 43.1 Å². The molecule has 0 radical (unpaired) electrons. The molecule has 1 aliphatic heterocycles. The lowest BCUT2D eigenvalue weighted by Gasteiger charge is -2.25. The summed E-state index contributed by atoms with van der Waals surface area (Å²) >= 11 is 1.41. The molecule has 1 amide bonds. The summed E-state index contributed by atoms with van der Waals surface area (Å²) in [5.41, 5.74) is 0.350. The lowest BCUT2D eigenvalue weighted by atomic mass is 10.4. The Hall–Kier alpha value is -1.63. The number of piperazine rings is 1. The molecule has 7 heteroatoms. The van der Waals surface area contributed by atoms with Crippen molar-refractivity contribution >= 4 is 28.3 Å². The van der Waals surface area contributed by atoms with E-state index in [-0.39, 0.29) is 12.5 Å². The zero-order valence-electron chi connectivity index (χ0n) is 10.4. The first-order chi connectivity index (χ1) is 8.61. The fourth-order valence-corrected chi connectivity index (χ4v) is 2.63. The predicted molar refractivity (Wildman–Crippen MR) is 68.0 cm³/mol. The van der Waals surface area contributed by atoms with Crippen LogP contribution in [0.25, 0.3) is 0 Å². The van der Waals surface area contributed by atoms with Gasteiger partial charge in [0.2, 0.25) is 5.91 Å². The van der Waals surface area contributed by atoms with Gasteiger partial charge < -0.3 is 15.0 Å². The molecule has 1 N–H and O–H groups in total. The average Bonchev–Trinajstić information content (AvgIpc) is 2.72. The molecule has 0 saturated carbocycles. The second kappa shape index (κ2) is 5.34. The minimum atomic E-state index is -0.404. The van der Waals surface area contributed by atoms with Crippen LogP contribution in [0, 0.1) is 6.92 Å². The molecule has 1 fully saturated rings. The first-order valence-corrected chi connectivity index (χ1v) is 6.59. The number of carbonyl (C=O) groups excluding carboxylic acids is 2. The fraction of sp³-hybridized carbons (Fsp3) is 0.545. The minimum absolute atomic E-state index is 0.0215. The second-order valence-electron chi connectivity index (χ2n) is 3.89. The highest BCUT2D eigenvalue weighted by Crippen LogP contribution is 2.26. The number of nitrogens with zero attached hydrogens (tertiary/aromatic N) is 2. The normalized spacial score (nSPS) is 15.4. The Kier molecular flexibility index (Phi) is 3.81. The van der Waals surface area contributed by atoms with Crippen LogP contribution in [0.2, 0.25) is 0 Å². The number of rotatable bonds is 3. The molecule has 0 atom stereocenters. The van der Waals surface area contributed by atoms with E-state index in [1.54, 1.807) is 6.92 Å². The number of hydrogen-bond donors (Lipinski definition) is 1. The van der Waals surface area contributed by atoms with E-state index in [2.05, 4.69) is 10.3 Å². The van der Waals surface area contributed by atoms with E-state index >= 15 is 0 Å². The summed E-state index contributed by atoms with van der Waals surface area (Å²) in [4.78, 5) is 29.9. The summed E-state index contributed by atoms with van der Waals surface area (Å²) in [5.74, 6) is -0.425. The van der Waals surface area contributed by atoms with Gasteiger partial charge in [-0.15, -0.1) is 11.3 Å². The Morgan fingerprint density at radius 2 is 2.39 bits per heavy atom. The molecule has 2 rings (SSSR count). The molecule has 18 heavy (non-hydrogen) atoms. The highest BCUT2D eigenvalue weighted by molar-refractivity contribution is 7.15. The number of ether oxygens (including phenoxy) is 1. The van der Waals surface area contributed by atoms with Gasteiger partial charge in [-0.05, 0) is 13.8 Å². The van der Waals surface area contributed by atoms with Crippen molar-refractivity contribution < 1.29 is 14.3 Å². The number of nitrogens with one attached hydrogen (secondary N) is 1. The van der Waals surface area contributed by atoms with Gasteiger partial charge in [0, 0.05) is 18.0 Å². The average molecular weight is 269 g/mol. The number of aromatic nitrogens is 1. The molecular weight excluding hydrogens is 254 g/mol. The Bertz CT molecular complexity index is 472. The summed E-state index contributed by atoms with van der Waals surface area (Å²) in [6, 6.07) is 0. The zero-order valence-corrected chi connectivity index (χ0v) is 11.2. The van der Waals surface area contributed by atoms with E-state index in [9.17, 15) is 9.59 Å². The van der Waals surface area contributed by atoms with Gasteiger partial charge in [-0.2, -0.15) is 0 Å². The number of aryl methyl sites for hydroxylation is 1. The molecular formula is C11H15N3O3S. The van der Waals surface area contributed by atoms with Crippen LogP contribution in [0.5, 0.6) is 0 Å². The maximum Gasteiger partial charge on any atom is 0.358 e. The number of esters is 1. The van der Waals surface area contributed by atoms with E-state index in [1.807, 2.05) is 11.8 Å². The van der Waals surface area contributed by atoms with Crippen molar-refractivity contribution in [3.8, 4) is 0 Å². The smallest absolute Gasteiger partial charge is 0.358 e. The Morgan fingerprint density at radius 1 is 1.61 bits per heavy atom. The molecule has 2 heterocycles. The Morgan fingerprint density at radius 3 is 3.06 bits per heavy atom. The molecule has 6 nitrogen and oxygen atoms in total.